The number of hydrogen-bond acceptors (Lipinski definition) is 26. The molecule has 1 aromatic heterocycles. The van der Waals surface area contributed by atoms with Crippen molar-refractivity contribution < 1.29 is 101 Å². The summed E-state index contributed by atoms with van der Waals surface area (Å²) in [6.45, 7) is 8.01. The standard InChI is InChI=1S/C91H116ClN15O21S4/c1-51-21-20-29-71(125-9)91(123)44-73(127-88(122)105-91)90(5)50-89(4,128-90)72(43-75(111)107(7)69-40-57(37-51)41-70(124-8)76(69)92)126-86(120)52(2)106(6)74(110)34-36-129-130-47-66(78(94)112)100-84(118)68-49-132-131-48-67(101-81(115)64(38-54-22-12-10-13-23-54)103-87(121)96-45-56-24-14-11-15-25-56)83(117)98-63(39-55-30-32-59(109)33-31-55)80(114)99-65(42-58-46-95-61-27-17-16-26-60(58)61)82(116)97-62(28-18-19-35-93)79(113)104-77(53(3)108)85(119)102-68/h10-17,20-27,29-33,40-41,46,52-53,62-68,71-73,77,95,108-109,123H,18-19,28,34-39,42-45,47-50,93H2,1-9H3,(H2,94,112)(H,97,116)(H,98,117)(H,99,114)(H,100,118)(H,101,115)(H,102,119)(H,104,113)(H,105,122)(H2,96,103,121)/b29-20+,51-21+/t52-,53+,62-,63-,64+,65+,66-,67-,68-,71+,72-,73-,77-,89+,90?,91-/m0/s1. The lowest BCUT2D eigenvalue weighted by atomic mass is 9.72. The number of carbonyl (C=O) groups excluding carboxylic acids is 13. The molecule has 36 nitrogen and oxygen atoms in total. The van der Waals surface area contributed by atoms with E-state index in [1.165, 1.54) is 71.3 Å². The summed E-state index contributed by atoms with van der Waals surface area (Å²) < 4.78 is 30.0. The van der Waals surface area contributed by atoms with Gasteiger partial charge >= 0.3 is 18.1 Å². The predicted molar refractivity (Wildman–Crippen MR) is 502 cm³/mol. The summed E-state index contributed by atoms with van der Waals surface area (Å²) in [5, 5.41) is 61.5. The fourth-order valence-corrected chi connectivity index (χ4v) is 20.5. The number of nitrogens with one attached hydrogen (secondary N) is 11. The third kappa shape index (κ3) is 28.3. The van der Waals surface area contributed by atoms with E-state index in [0.29, 0.717) is 46.0 Å². The van der Waals surface area contributed by atoms with Crippen LogP contribution in [0.2, 0.25) is 5.02 Å². The first kappa shape index (κ1) is 103. The maximum atomic E-state index is 15.4. The van der Waals surface area contributed by atoms with Crippen LogP contribution >= 0.6 is 54.8 Å². The maximum absolute atomic E-state index is 15.4. The zero-order valence-corrected chi connectivity index (χ0v) is 78.7. The molecule has 11 rings (SSSR count). The van der Waals surface area contributed by atoms with Crippen molar-refractivity contribution in [2.75, 3.05) is 62.8 Å². The molecule has 6 aromatic rings. The molecule has 3 fully saturated rings. The van der Waals surface area contributed by atoms with Gasteiger partial charge in [-0.2, -0.15) is 0 Å². The number of urea groups is 1. The molecule has 0 aliphatic carbocycles. The average molecular weight is 1920 g/mol. The molecule has 3 saturated heterocycles. The Morgan fingerprint density at radius 3 is 2.10 bits per heavy atom. The molecule has 6 heterocycles. The van der Waals surface area contributed by atoms with E-state index in [9.17, 15) is 58.5 Å². The van der Waals surface area contributed by atoms with Gasteiger partial charge in [0, 0.05) is 106 Å². The first-order valence-electron chi connectivity index (χ1n) is 43.0. The number of esters is 1. The zero-order valence-electron chi connectivity index (χ0n) is 74.6. The molecule has 5 aliphatic heterocycles. The average Bonchev–Trinajstić information content (AvgIpc) is 0.745. The number of nitrogens with two attached hydrogens (primary N) is 2. The lowest BCUT2D eigenvalue weighted by Crippen LogP contribution is -2.72. The number of benzene rings is 5. The number of carbonyl (C=O) groups is 13. The summed E-state index contributed by atoms with van der Waals surface area (Å²) in [7, 11) is 9.60. The summed E-state index contributed by atoms with van der Waals surface area (Å²) in [5.41, 5.74) is 12.0. The number of amides is 13. The van der Waals surface area contributed by atoms with E-state index in [1.807, 2.05) is 13.0 Å². The van der Waals surface area contributed by atoms with Gasteiger partial charge in [-0.3, -0.25) is 53.3 Å². The van der Waals surface area contributed by atoms with Gasteiger partial charge in [0.15, 0.2) is 5.72 Å². The Balaban J connectivity index is 0.872. The highest BCUT2D eigenvalue weighted by Gasteiger charge is 2.64. The second-order valence-corrected chi connectivity index (χ2v) is 38.9. The highest BCUT2D eigenvalue weighted by Crippen LogP contribution is 2.51. The number of H-pyrrole nitrogens is 1. The quantitative estimate of drug-likeness (QED) is 0.0160. The third-order valence-electron chi connectivity index (χ3n) is 23.2. The van der Waals surface area contributed by atoms with Gasteiger partial charge in [0.25, 0.3) is 0 Å². The molecule has 0 spiro atoms. The van der Waals surface area contributed by atoms with Crippen molar-refractivity contribution in [2.24, 2.45) is 11.5 Å². The third-order valence-corrected chi connectivity index (χ3v) is 28.4. The van der Waals surface area contributed by atoms with Crippen LogP contribution in [0.3, 0.4) is 0 Å². The van der Waals surface area contributed by atoms with Crippen LogP contribution in [0.5, 0.6) is 11.5 Å². The molecule has 13 amide bonds. The highest BCUT2D eigenvalue weighted by atomic mass is 35.5. The number of nitrogens with zero attached hydrogens (tertiary/aromatic N) is 2. The monoisotopic (exact) mass is 1920 g/mol. The molecule has 6 bridgehead atoms. The van der Waals surface area contributed by atoms with Crippen molar-refractivity contribution >= 4 is 149 Å². The van der Waals surface area contributed by atoms with E-state index in [-0.39, 0.29) is 104 Å². The number of aliphatic hydroxyl groups is 2. The zero-order chi connectivity index (χ0) is 95.7. The largest absolute Gasteiger partial charge is 0.508 e. The Bertz CT molecular complexity index is 5150. The Labute approximate surface area is 785 Å². The number of anilines is 1. The summed E-state index contributed by atoms with van der Waals surface area (Å²) in [6.07, 6.45) is -0.0590. The van der Waals surface area contributed by atoms with Gasteiger partial charge in [-0.25, -0.2) is 14.4 Å². The van der Waals surface area contributed by atoms with Gasteiger partial charge in [-0.05, 0) is 125 Å². The number of unbranched alkanes of at least 4 members (excludes halogenated alkanes) is 1. The van der Waals surface area contributed by atoms with Gasteiger partial charge in [-0.1, -0.05) is 170 Å². The Morgan fingerprint density at radius 1 is 0.773 bits per heavy atom. The second kappa shape index (κ2) is 48.0. The molecule has 1 unspecified atom stereocenters. The van der Waals surface area contributed by atoms with Gasteiger partial charge in [0.1, 0.15) is 100 Å². The number of alkyl carbamates (subject to hydrolysis) is 1. The molecule has 0 radical (unpaired) electrons. The molecular formula is C91H116ClN15O21S4. The number of aliphatic hydroxyl groups excluding tert-OH is 1. The molecule has 5 aliphatic rings. The first-order chi connectivity index (χ1) is 62.9. The topological polar surface area (TPSA) is 523 Å². The van der Waals surface area contributed by atoms with Crippen LogP contribution in [0.15, 0.2) is 151 Å². The van der Waals surface area contributed by atoms with Crippen LogP contribution in [0.1, 0.15) is 107 Å². The second-order valence-electron chi connectivity index (χ2n) is 33.4. The SMILES string of the molecule is COc1cc2cc(c1Cl)N(C)C(=O)C[C@H](OC(=O)[C@H](C)N(C)C(=O)CCSSC[C@H](NC(=O)[C@@H]1CSSC[C@H](NC(=O)[C@@H](Cc3ccccc3)NC(=O)NCc3ccccc3)C(=O)N[C@@H](Cc3ccc(O)cc3)C(=O)N[C@H](Cc3c[nH]c4ccccc34)C(=O)N[C@@H](CCCCN)C(=O)N[C@@H]([C@@H](C)O)C(=O)N1)C(N)=O)[C@@]1(C)CC(C)(O1)[C@@H]1C[C@@](O)(NC(=O)O1)[C@H](OC)/C=C/C=C(\C)C2. The van der Waals surface area contributed by atoms with E-state index >= 15 is 19.2 Å². The van der Waals surface area contributed by atoms with Crippen LogP contribution in [0.25, 0.3) is 10.9 Å². The van der Waals surface area contributed by atoms with Crippen LogP contribution in [-0.2, 0) is 104 Å². The van der Waals surface area contributed by atoms with Crippen molar-refractivity contribution in [1.82, 2.24) is 63.1 Å². The maximum Gasteiger partial charge on any atom is 0.409 e. The van der Waals surface area contributed by atoms with E-state index in [0.717, 1.165) is 59.2 Å². The predicted octanol–water partition coefficient (Wildman–Crippen LogP) is 5.00. The number of phenolic OH excluding ortho intramolecular Hbond substituents is 1. The fourth-order valence-electron chi connectivity index (χ4n) is 15.7. The van der Waals surface area contributed by atoms with Gasteiger partial charge in [0.2, 0.25) is 59.1 Å². The van der Waals surface area contributed by atoms with Crippen molar-refractivity contribution in [3.05, 3.63) is 184 Å². The number of phenols is 1. The van der Waals surface area contributed by atoms with Crippen molar-refractivity contribution in [1.29, 1.82) is 0 Å². The minimum Gasteiger partial charge on any atom is -0.508 e. The summed E-state index contributed by atoms with van der Waals surface area (Å²) in [5.74, 6) is -10.7. The molecule has 18 N–H and O–H groups in total. The first-order valence-corrected chi connectivity index (χ1v) is 48.4. The summed E-state index contributed by atoms with van der Waals surface area (Å²) in [6, 6.07) is 19.5. The van der Waals surface area contributed by atoms with Crippen LogP contribution in [0.4, 0.5) is 15.3 Å². The van der Waals surface area contributed by atoms with Gasteiger partial charge in [-0.15, -0.1) is 0 Å². The molecule has 712 valence electrons. The lowest BCUT2D eigenvalue weighted by molar-refractivity contribution is -0.328. The Morgan fingerprint density at radius 2 is 1.42 bits per heavy atom. The molecule has 0 saturated carbocycles. The molecule has 5 aromatic carbocycles. The number of halogens is 1. The number of fused-ring (bicyclic) bond motifs is 7. The van der Waals surface area contributed by atoms with Gasteiger partial charge in [0.05, 0.1) is 25.3 Å². The van der Waals surface area contributed by atoms with Gasteiger partial charge < -0.3 is 113 Å². The normalized spacial score (nSPS) is 25.2. The minimum absolute atomic E-state index is 0.0133. The number of aromatic nitrogens is 1. The van der Waals surface area contributed by atoms with Crippen molar-refractivity contribution in [3.63, 3.8) is 0 Å². The Kier molecular flexibility index (Phi) is 37.5. The summed E-state index contributed by atoms with van der Waals surface area (Å²) >= 11 is 6.91. The van der Waals surface area contributed by atoms with E-state index in [1.54, 1.807) is 129 Å². The van der Waals surface area contributed by atoms with E-state index < -0.39 is 185 Å². The number of likely N-dealkylation sites (N-methyl/N-ethyl adjacent to an activating group) is 1. The minimum atomic E-state index is -1.99. The van der Waals surface area contributed by atoms with E-state index in [2.05, 4.69) is 58.2 Å². The number of ether oxygens (including phenoxy) is 5. The number of rotatable bonds is 30. The lowest BCUT2D eigenvalue weighted by Gasteiger charge is -2.59. The van der Waals surface area contributed by atoms with Crippen LogP contribution in [0, 0.1) is 0 Å². The molecular weight excluding hydrogens is 1800 g/mol. The smallest absolute Gasteiger partial charge is 0.409 e. The number of primary amides is 1. The van der Waals surface area contributed by atoms with Crippen LogP contribution in [-0.4, -0.2) is 256 Å². The number of para-hydroxylation sites is 1. The summed E-state index contributed by atoms with van der Waals surface area (Å²) in [4.78, 5) is 195. The van der Waals surface area contributed by atoms with E-state index in [4.69, 9.17) is 46.8 Å². The Hall–Kier alpha value is -11.1. The van der Waals surface area contributed by atoms with Crippen LogP contribution < -0.4 is 74.3 Å². The highest BCUT2D eigenvalue weighted by molar-refractivity contribution is 8.77. The number of methoxy groups -OCH3 is 2. The molecule has 16 atom stereocenters. The number of aromatic amines is 1. The molecule has 41 heteroatoms. The number of hydrogen-bond donors (Lipinski definition) is 16. The number of allylic oxidation sites excluding steroid dienone is 3. The molecule has 132 heavy (non-hydrogen) atoms. The van der Waals surface area contributed by atoms with Crippen molar-refractivity contribution in [3.8, 4) is 11.5 Å². The fraction of sp³-hybridized carbons (Fsp3) is 0.462. The number of aromatic hydroxyl groups is 1. The van der Waals surface area contributed by atoms with Crippen molar-refractivity contribution in [2.45, 2.75) is 208 Å².